The number of hydrogen-bond donors (Lipinski definition) is 1. The summed E-state index contributed by atoms with van der Waals surface area (Å²) in [4.78, 5) is 30.8. The van der Waals surface area contributed by atoms with Crippen LogP contribution in [0.1, 0.15) is 25.8 Å². The summed E-state index contributed by atoms with van der Waals surface area (Å²) in [5.41, 5.74) is -1.32. The molecule has 30 heavy (non-hydrogen) atoms. The smallest absolute Gasteiger partial charge is 0.449 e. The molecule has 3 fully saturated rings. The van der Waals surface area contributed by atoms with E-state index in [2.05, 4.69) is 4.74 Å². The highest BCUT2D eigenvalue weighted by Crippen LogP contribution is 2.44. The minimum atomic E-state index is -1.66. The van der Waals surface area contributed by atoms with Crippen molar-refractivity contribution in [2.45, 2.75) is 31.8 Å². The summed E-state index contributed by atoms with van der Waals surface area (Å²) in [7, 11) is 1.81. The zero-order valence-corrected chi connectivity index (χ0v) is 16.5. The van der Waals surface area contributed by atoms with Crippen LogP contribution in [0.5, 0.6) is 5.75 Å². The molecule has 0 bridgehead atoms. The molecule has 3 aliphatic rings. The number of carboxylic acid groups (broad SMARTS) is 1. The van der Waals surface area contributed by atoms with Crippen molar-refractivity contribution in [3.05, 3.63) is 34.1 Å². The predicted molar refractivity (Wildman–Crippen MR) is 103 cm³/mol. The van der Waals surface area contributed by atoms with Gasteiger partial charge in [0.2, 0.25) is 5.43 Å². The van der Waals surface area contributed by atoms with Gasteiger partial charge in [-0.1, -0.05) is 6.92 Å². The molecule has 10 heteroatoms. The van der Waals surface area contributed by atoms with Gasteiger partial charge in [0.1, 0.15) is 11.5 Å². The first-order valence-corrected chi connectivity index (χ1v) is 9.78. The first-order chi connectivity index (χ1) is 14.2. The molecule has 1 aromatic carbocycles. The minimum absolute atomic E-state index is 0.0102. The number of hydroxylamine groups is 2. The molecule has 3 heterocycles. The summed E-state index contributed by atoms with van der Waals surface area (Å²) in [5, 5.41) is 10.4. The van der Waals surface area contributed by atoms with Crippen LogP contribution < -0.4 is 15.1 Å². The van der Waals surface area contributed by atoms with Crippen molar-refractivity contribution in [3.8, 4) is 5.75 Å². The molecule has 2 unspecified atom stereocenters. The molecule has 0 radical (unpaired) electrons. The van der Waals surface area contributed by atoms with Gasteiger partial charge in [-0.3, -0.25) is 9.63 Å². The molecule has 1 aliphatic carbocycles. The summed E-state index contributed by atoms with van der Waals surface area (Å²) in [5.74, 6) is -2.14. The van der Waals surface area contributed by atoms with E-state index in [0.29, 0.717) is 19.7 Å². The van der Waals surface area contributed by atoms with E-state index in [0.717, 1.165) is 18.9 Å². The molecule has 1 aromatic heterocycles. The molecular weight excluding hydrogens is 400 g/mol. The van der Waals surface area contributed by atoms with Gasteiger partial charge in [-0.2, -0.15) is 5.06 Å². The highest BCUT2D eigenvalue weighted by atomic mass is 19.1. The Morgan fingerprint density at radius 3 is 2.73 bits per heavy atom. The van der Waals surface area contributed by atoms with Gasteiger partial charge in [-0.05, 0) is 18.9 Å². The van der Waals surface area contributed by atoms with Crippen LogP contribution in [0.2, 0.25) is 0 Å². The van der Waals surface area contributed by atoms with E-state index in [1.807, 2.05) is 6.92 Å². The Hall–Kier alpha value is -2.72. The highest BCUT2D eigenvalue weighted by Gasteiger charge is 2.51. The first kappa shape index (κ1) is 19.3. The zero-order chi connectivity index (χ0) is 21.4. The van der Waals surface area contributed by atoms with Crippen LogP contribution in [0.25, 0.3) is 10.9 Å². The number of ether oxygens (including phenoxy) is 1. The fourth-order valence-electron chi connectivity index (χ4n) is 4.74. The highest BCUT2D eigenvalue weighted by molar-refractivity contribution is 5.86. The molecule has 160 valence electrons. The van der Waals surface area contributed by atoms with E-state index in [9.17, 15) is 9.59 Å². The standard InChI is InChI=1S/C20H21F2N3O5/c1-20-8-24(7-14(20)23(2)29-9-20)17-12(21)5-11-16(15(17)22)25(10-3-4-10)6-13(18(11)26)30-19(27)28/h5-6,10,14H,3-4,7-9H2,1-2H3,(H,27,28). The van der Waals surface area contributed by atoms with E-state index in [-0.39, 0.29) is 34.1 Å². The van der Waals surface area contributed by atoms with Crippen molar-refractivity contribution in [2.75, 3.05) is 31.6 Å². The number of fused-ring (bicyclic) bond motifs is 2. The van der Waals surface area contributed by atoms with Gasteiger partial charge < -0.3 is 19.3 Å². The Morgan fingerprint density at radius 1 is 1.37 bits per heavy atom. The Morgan fingerprint density at radius 2 is 2.10 bits per heavy atom. The lowest BCUT2D eigenvalue weighted by Gasteiger charge is -2.25. The molecular formula is C20H21F2N3O5. The second-order valence-corrected chi connectivity index (χ2v) is 8.62. The van der Waals surface area contributed by atoms with Crippen LogP contribution in [0, 0.1) is 17.0 Å². The molecule has 5 rings (SSSR count). The molecule has 2 saturated heterocycles. The number of hydrogen-bond acceptors (Lipinski definition) is 6. The number of nitrogens with zero attached hydrogens (tertiary/aromatic N) is 3. The predicted octanol–water partition coefficient (Wildman–Crippen LogP) is 2.74. The van der Waals surface area contributed by atoms with Crippen LogP contribution in [0.15, 0.2) is 17.1 Å². The normalized spacial score (nSPS) is 26.4. The van der Waals surface area contributed by atoms with Crippen LogP contribution >= 0.6 is 0 Å². The van der Waals surface area contributed by atoms with Crippen molar-refractivity contribution in [1.82, 2.24) is 9.63 Å². The van der Waals surface area contributed by atoms with Gasteiger partial charge in [-0.25, -0.2) is 13.6 Å². The summed E-state index contributed by atoms with van der Waals surface area (Å²) in [6, 6.07) is 0.886. The Balaban J connectivity index is 1.68. The summed E-state index contributed by atoms with van der Waals surface area (Å²) >= 11 is 0. The molecule has 2 atom stereocenters. The third kappa shape index (κ3) is 2.78. The second kappa shape index (κ2) is 6.39. The lowest BCUT2D eigenvalue weighted by atomic mass is 9.87. The number of likely N-dealkylation sites (N-methyl/N-ethyl adjacent to an activating group) is 1. The molecule has 1 N–H and O–H groups in total. The number of rotatable bonds is 3. The van der Waals surface area contributed by atoms with Crippen LogP contribution in [0.4, 0.5) is 19.3 Å². The monoisotopic (exact) mass is 421 g/mol. The van der Waals surface area contributed by atoms with Crippen LogP contribution in [-0.2, 0) is 4.84 Å². The van der Waals surface area contributed by atoms with Gasteiger partial charge >= 0.3 is 6.16 Å². The fraction of sp³-hybridized carbons (Fsp3) is 0.500. The lowest BCUT2D eigenvalue weighted by molar-refractivity contribution is -0.108. The quantitative estimate of drug-likeness (QED) is 0.763. The number of halogens is 2. The van der Waals surface area contributed by atoms with Gasteiger partial charge in [0.25, 0.3) is 0 Å². The number of anilines is 1. The molecule has 8 nitrogen and oxygen atoms in total. The number of pyridine rings is 1. The van der Waals surface area contributed by atoms with Gasteiger partial charge in [0.15, 0.2) is 11.6 Å². The van der Waals surface area contributed by atoms with Crippen molar-refractivity contribution in [2.24, 2.45) is 5.41 Å². The van der Waals surface area contributed by atoms with E-state index < -0.39 is 29.0 Å². The molecule has 2 aliphatic heterocycles. The number of carbonyl (C=O) groups is 1. The summed E-state index contributed by atoms with van der Waals surface area (Å²) in [6.07, 6.45) is 1.06. The number of benzene rings is 1. The van der Waals surface area contributed by atoms with E-state index in [1.54, 1.807) is 17.0 Å². The molecule has 0 amide bonds. The molecule has 2 aromatic rings. The van der Waals surface area contributed by atoms with Crippen molar-refractivity contribution >= 4 is 22.7 Å². The summed E-state index contributed by atoms with van der Waals surface area (Å²) < 4.78 is 36.9. The average Bonchev–Trinajstić information content (AvgIpc) is 3.40. The minimum Gasteiger partial charge on any atom is -0.449 e. The van der Waals surface area contributed by atoms with Crippen molar-refractivity contribution < 1.29 is 28.3 Å². The maximum Gasteiger partial charge on any atom is 0.511 e. The zero-order valence-electron chi connectivity index (χ0n) is 16.5. The second-order valence-electron chi connectivity index (χ2n) is 8.62. The third-order valence-corrected chi connectivity index (χ3v) is 6.39. The first-order valence-electron chi connectivity index (χ1n) is 9.78. The van der Waals surface area contributed by atoms with E-state index in [1.165, 1.54) is 10.8 Å². The van der Waals surface area contributed by atoms with Crippen molar-refractivity contribution in [3.63, 3.8) is 0 Å². The maximum atomic E-state index is 15.8. The molecule has 1 saturated carbocycles. The van der Waals surface area contributed by atoms with Gasteiger partial charge in [0.05, 0.1) is 29.7 Å². The van der Waals surface area contributed by atoms with E-state index >= 15 is 8.78 Å². The van der Waals surface area contributed by atoms with E-state index in [4.69, 9.17) is 9.94 Å². The Kier molecular flexibility index (Phi) is 4.10. The lowest BCUT2D eigenvalue weighted by Crippen LogP contribution is -2.34. The Bertz CT molecular complexity index is 1130. The van der Waals surface area contributed by atoms with Crippen molar-refractivity contribution in [1.29, 1.82) is 0 Å². The SMILES string of the molecule is CN1OCC2(C)CN(c3c(F)cc4c(=O)c(OC(=O)O)cn(C5CC5)c4c3F)CC12. The average molecular weight is 421 g/mol. The molecule has 0 spiro atoms. The Labute approximate surface area is 170 Å². The number of aromatic nitrogens is 1. The third-order valence-electron chi connectivity index (χ3n) is 6.39. The summed E-state index contributed by atoms with van der Waals surface area (Å²) in [6.45, 7) is 3.28. The topological polar surface area (TPSA) is 84.2 Å². The van der Waals surface area contributed by atoms with Gasteiger partial charge in [0, 0.05) is 31.6 Å². The fourth-order valence-corrected chi connectivity index (χ4v) is 4.74. The van der Waals surface area contributed by atoms with Crippen LogP contribution in [-0.4, -0.2) is 53.7 Å². The van der Waals surface area contributed by atoms with Crippen LogP contribution in [0.3, 0.4) is 0 Å². The van der Waals surface area contributed by atoms with Gasteiger partial charge in [-0.15, -0.1) is 0 Å². The maximum absolute atomic E-state index is 15.8. The largest absolute Gasteiger partial charge is 0.511 e.